The molecule has 0 aliphatic heterocycles. The molecule has 0 aliphatic rings. The van der Waals surface area contributed by atoms with Crippen molar-refractivity contribution in [1.29, 1.82) is 0 Å². The number of hydrogen-bond donors (Lipinski definition) is 3. The minimum absolute atomic E-state index is 0.0457. The van der Waals surface area contributed by atoms with Gasteiger partial charge in [-0.3, -0.25) is 9.79 Å². The molecule has 0 saturated carbocycles. The minimum Gasteiger partial charge on any atom is -0.356 e. The number of aliphatic imine (C=N–C) groups is 1. The molecule has 1 aromatic carbocycles. The first-order valence-corrected chi connectivity index (χ1v) is 8.44. The van der Waals surface area contributed by atoms with Gasteiger partial charge in [-0.2, -0.15) is 0 Å². The van der Waals surface area contributed by atoms with Gasteiger partial charge in [0.15, 0.2) is 5.96 Å². The van der Waals surface area contributed by atoms with Gasteiger partial charge in [0.2, 0.25) is 5.91 Å². The Bertz CT molecular complexity index is 577. The van der Waals surface area contributed by atoms with E-state index in [1.165, 1.54) is 22.3 Å². The van der Waals surface area contributed by atoms with Gasteiger partial charge in [-0.15, -0.1) is 0 Å². The van der Waals surface area contributed by atoms with Crippen LogP contribution < -0.4 is 16.0 Å². The second kappa shape index (κ2) is 8.71. The number of amides is 1. The summed E-state index contributed by atoms with van der Waals surface area (Å²) in [5.41, 5.74) is 5.08. The number of carbonyl (C=O) groups is 1. The van der Waals surface area contributed by atoms with Crippen molar-refractivity contribution in [3.8, 4) is 0 Å². The molecule has 0 aliphatic carbocycles. The van der Waals surface area contributed by atoms with Crippen molar-refractivity contribution in [2.24, 2.45) is 4.99 Å². The maximum Gasteiger partial charge on any atom is 0.239 e. The minimum atomic E-state index is -0.226. The number of aryl methyl sites for hydroxylation is 3. The highest BCUT2D eigenvalue weighted by atomic mass is 16.2. The molecule has 1 rings (SSSR count). The van der Waals surface area contributed by atoms with E-state index in [1.54, 1.807) is 7.05 Å². The Morgan fingerprint density at radius 2 is 1.67 bits per heavy atom. The smallest absolute Gasteiger partial charge is 0.239 e. The zero-order valence-electron chi connectivity index (χ0n) is 16.1. The number of nitrogens with zero attached hydrogens (tertiary/aromatic N) is 1. The average Bonchev–Trinajstić information content (AvgIpc) is 2.42. The highest BCUT2D eigenvalue weighted by Crippen LogP contribution is 2.16. The van der Waals surface area contributed by atoms with Crippen LogP contribution in [0.3, 0.4) is 0 Å². The zero-order valence-corrected chi connectivity index (χ0v) is 16.1. The lowest BCUT2D eigenvalue weighted by Crippen LogP contribution is -2.48. The summed E-state index contributed by atoms with van der Waals surface area (Å²) in [5.74, 6) is 0.595. The van der Waals surface area contributed by atoms with E-state index in [4.69, 9.17) is 0 Å². The first-order valence-electron chi connectivity index (χ1n) is 8.44. The number of benzene rings is 1. The third-order valence-electron chi connectivity index (χ3n) is 3.66. The molecule has 24 heavy (non-hydrogen) atoms. The van der Waals surface area contributed by atoms with Crippen LogP contribution in [0, 0.1) is 20.8 Å². The van der Waals surface area contributed by atoms with Crippen molar-refractivity contribution in [3.63, 3.8) is 0 Å². The average molecular weight is 332 g/mol. The van der Waals surface area contributed by atoms with Gasteiger partial charge >= 0.3 is 0 Å². The van der Waals surface area contributed by atoms with Crippen LogP contribution >= 0.6 is 0 Å². The largest absolute Gasteiger partial charge is 0.356 e. The Hall–Kier alpha value is -2.04. The van der Waals surface area contributed by atoms with Crippen LogP contribution in [0.1, 0.15) is 43.0 Å². The lowest BCUT2D eigenvalue weighted by molar-refractivity contribution is -0.121. The second-order valence-electron chi connectivity index (χ2n) is 7.28. The van der Waals surface area contributed by atoms with Crippen molar-refractivity contribution in [1.82, 2.24) is 16.0 Å². The van der Waals surface area contributed by atoms with Crippen LogP contribution in [0.25, 0.3) is 0 Å². The molecular formula is C19H32N4O. The Morgan fingerprint density at radius 3 is 2.17 bits per heavy atom. The van der Waals surface area contributed by atoms with E-state index in [2.05, 4.69) is 53.8 Å². The standard InChI is InChI=1S/C19H32N4O/c1-13-10-14(2)16(15(3)11-13)8-9-21-18(20-7)22-12-17(24)23-19(4,5)6/h10-11H,8-9,12H2,1-7H3,(H,23,24)(H2,20,21,22). The summed E-state index contributed by atoms with van der Waals surface area (Å²) in [4.78, 5) is 16.0. The lowest BCUT2D eigenvalue weighted by atomic mass is 9.97. The number of nitrogens with one attached hydrogen (secondary N) is 3. The van der Waals surface area contributed by atoms with Crippen LogP contribution in [0.2, 0.25) is 0 Å². The van der Waals surface area contributed by atoms with Gasteiger partial charge in [0, 0.05) is 19.1 Å². The van der Waals surface area contributed by atoms with Gasteiger partial charge in [-0.25, -0.2) is 0 Å². The predicted octanol–water partition coefficient (Wildman–Crippen LogP) is 2.23. The summed E-state index contributed by atoms with van der Waals surface area (Å²) >= 11 is 0. The third-order valence-corrected chi connectivity index (χ3v) is 3.66. The Labute approximate surface area is 146 Å². The fraction of sp³-hybridized carbons (Fsp3) is 0.579. The molecule has 1 aromatic rings. The van der Waals surface area contributed by atoms with E-state index in [9.17, 15) is 4.79 Å². The molecule has 5 nitrogen and oxygen atoms in total. The van der Waals surface area contributed by atoms with Gasteiger partial charge in [0.05, 0.1) is 6.54 Å². The number of hydrogen-bond acceptors (Lipinski definition) is 2. The molecule has 0 aromatic heterocycles. The Balaban J connectivity index is 2.47. The van der Waals surface area contributed by atoms with Gasteiger partial charge in [0.1, 0.15) is 0 Å². The molecule has 134 valence electrons. The molecule has 0 saturated heterocycles. The third kappa shape index (κ3) is 7.02. The summed E-state index contributed by atoms with van der Waals surface area (Å²) in [6.07, 6.45) is 0.923. The summed E-state index contributed by atoms with van der Waals surface area (Å²) in [7, 11) is 1.71. The molecule has 5 heteroatoms. The molecule has 1 amide bonds. The Morgan fingerprint density at radius 1 is 1.08 bits per heavy atom. The van der Waals surface area contributed by atoms with E-state index in [0.717, 1.165) is 13.0 Å². The van der Waals surface area contributed by atoms with E-state index in [0.29, 0.717) is 5.96 Å². The molecule has 0 unspecified atom stereocenters. The van der Waals surface area contributed by atoms with E-state index >= 15 is 0 Å². The topological polar surface area (TPSA) is 65.5 Å². The van der Waals surface area contributed by atoms with Crippen molar-refractivity contribution in [3.05, 3.63) is 34.4 Å². The van der Waals surface area contributed by atoms with Crippen molar-refractivity contribution in [2.75, 3.05) is 20.1 Å². The van der Waals surface area contributed by atoms with Crippen LogP contribution in [-0.2, 0) is 11.2 Å². The summed E-state index contributed by atoms with van der Waals surface area (Å²) < 4.78 is 0. The van der Waals surface area contributed by atoms with Gasteiger partial charge in [0.25, 0.3) is 0 Å². The second-order valence-corrected chi connectivity index (χ2v) is 7.28. The summed E-state index contributed by atoms with van der Waals surface area (Å²) in [5, 5.41) is 9.22. The van der Waals surface area contributed by atoms with Gasteiger partial charge in [-0.1, -0.05) is 17.7 Å². The molecule has 3 N–H and O–H groups in total. The van der Waals surface area contributed by atoms with E-state index in [-0.39, 0.29) is 18.0 Å². The monoisotopic (exact) mass is 332 g/mol. The Kier molecular flexibility index (Phi) is 7.26. The summed E-state index contributed by atoms with van der Waals surface area (Å²) in [6, 6.07) is 4.43. The quantitative estimate of drug-likeness (QED) is 0.572. The highest BCUT2D eigenvalue weighted by molar-refractivity contribution is 5.86. The molecule has 0 radical (unpaired) electrons. The normalized spacial score (nSPS) is 12.0. The first-order chi connectivity index (χ1) is 11.1. The fourth-order valence-corrected chi connectivity index (χ4v) is 2.76. The first kappa shape index (κ1) is 20.0. The van der Waals surface area contributed by atoms with Crippen LogP contribution in [0.4, 0.5) is 0 Å². The number of guanidine groups is 1. The van der Waals surface area contributed by atoms with Crippen LogP contribution in [0.5, 0.6) is 0 Å². The van der Waals surface area contributed by atoms with Crippen molar-refractivity contribution >= 4 is 11.9 Å². The SMILES string of the molecule is CN=C(NCCc1c(C)cc(C)cc1C)NCC(=O)NC(C)(C)C. The maximum absolute atomic E-state index is 11.8. The van der Waals surface area contributed by atoms with E-state index in [1.807, 2.05) is 20.8 Å². The molecule has 0 fully saturated rings. The highest BCUT2D eigenvalue weighted by Gasteiger charge is 2.13. The summed E-state index contributed by atoms with van der Waals surface area (Å²) in [6.45, 7) is 13.3. The van der Waals surface area contributed by atoms with Gasteiger partial charge < -0.3 is 16.0 Å². The molecule has 0 atom stereocenters. The van der Waals surface area contributed by atoms with Gasteiger partial charge in [-0.05, 0) is 64.7 Å². The van der Waals surface area contributed by atoms with Crippen molar-refractivity contribution < 1.29 is 4.79 Å². The van der Waals surface area contributed by atoms with Crippen LogP contribution in [-0.4, -0.2) is 37.5 Å². The molecule has 0 heterocycles. The predicted molar refractivity (Wildman–Crippen MR) is 102 cm³/mol. The molecular weight excluding hydrogens is 300 g/mol. The van der Waals surface area contributed by atoms with E-state index < -0.39 is 0 Å². The molecule has 0 spiro atoms. The number of carbonyl (C=O) groups excluding carboxylic acids is 1. The maximum atomic E-state index is 11.8. The van der Waals surface area contributed by atoms with Crippen molar-refractivity contribution in [2.45, 2.75) is 53.5 Å². The fourth-order valence-electron chi connectivity index (χ4n) is 2.76. The zero-order chi connectivity index (χ0) is 18.3. The number of rotatable bonds is 5. The lowest BCUT2D eigenvalue weighted by Gasteiger charge is -2.21. The van der Waals surface area contributed by atoms with Crippen LogP contribution in [0.15, 0.2) is 17.1 Å². The molecule has 0 bridgehead atoms.